The molecule has 0 aromatic carbocycles. The van der Waals surface area contributed by atoms with Gasteiger partial charge < -0.3 is 5.11 Å². The minimum Gasteiger partial charge on any atom is -0.480 e. The van der Waals surface area contributed by atoms with Gasteiger partial charge in [-0.3, -0.25) is 9.55 Å². The van der Waals surface area contributed by atoms with Crippen LogP contribution in [0.3, 0.4) is 0 Å². The average Bonchev–Trinajstić information content (AvgIpc) is 2.85. The lowest BCUT2D eigenvalue weighted by atomic mass is 10.0. The van der Waals surface area contributed by atoms with Crippen LogP contribution in [0.5, 0.6) is 0 Å². The molecule has 2 aromatic rings. The van der Waals surface area contributed by atoms with E-state index in [1.54, 1.807) is 23.0 Å². The van der Waals surface area contributed by atoms with Crippen LogP contribution in [0.4, 0.5) is 0 Å². The molecule has 0 saturated heterocycles. The van der Waals surface area contributed by atoms with Crippen LogP contribution in [-0.2, 0) is 4.79 Å². The van der Waals surface area contributed by atoms with Gasteiger partial charge in [0, 0.05) is 18.0 Å². The molecular weight excluding hydrogens is 244 g/mol. The molecular formula is C13H16N4O2. The molecule has 100 valence electrons. The number of nitrogens with zero attached hydrogens (tertiary/aromatic N) is 4. The van der Waals surface area contributed by atoms with Crippen molar-refractivity contribution in [2.45, 2.75) is 26.3 Å². The van der Waals surface area contributed by atoms with Gasteiger partial charge in [0.2, 0.25) is 0 Å². The van der Waals surface area contributed by atoms with Gasteiger partial charge in [-0.1, -0.05) is 13.8 Å². The second-order valence-electron chi connectivity index (χ2n) is 4.79. The van der Waals surface area contributed by atoms with Crippen molar-refractivity contribution in [3.63, 3.8) is 0 Å². The summed E-state index contributed by atoms with van der Waals surface area (Å²) in [5.41, 5.74) is 0.759. The lowest BCUT2D eigenvalue weighted by Crippen LogP contribution is -2.21. The number of hydrogen-bond acceptors (Lipinski definition) is 4. The van der Waals surface area contributed by atoms with Gasteiger partial charge >= 0.3 is 5.97 Å². The smallest absolute Gasteiger partial charge is 0.326 e. The molecule has 0 amide bonds. The van der Waals surface area contributed by atoms with E-state index >= 15 is 0 Å². The van der Waals surface area contributed by atoms with Crippen LogP contribution in [0.25, 0.3) is 11.4 Å². The van der Waals surface area contributed by atoms with Crippen molar-refractivity contribution in [1.82, 2.24) is 19.7 Å². The molecule has 1 atom stereocenters. The van der Waals surface area contributed by atoms with Gasteiger partial charge in [-0.2, -0.15) is 0 Å². The summed E-state index contributed by atoms with van der Waals surface area (Å²) >= 11 is 0. The van der Waals surface area contributed by atoms with Crippen LogP contribution < -0.4 is 0 Å². The monoisotopic (exact) mass is 260 g/mol. The summed E-state index contributed by atoms with van der Waals surface area (Å²) in [6.45, 7) is 3.98. The molecule has 1 unspecified atom stereocenters. The molecule has 0 bridgehead atoms. The number of carboxylic acids is 1. The first-order valence-corrected chi connectivity index (χ1v) is 6.12. The van der Waals surface area contributed by atoms with E-state index in [1.807, 2.05) is 19.9 Å². The Labute approximate surface area is 111 Å². The highest BCUT2D eigenvalue weighted by Crippen LogP contribution is 2.24. The lowest BCUT2D eigenvalue weighted by molar-refractivity contribution is -0.141. The molecule has 0 spiro atoms. The number of rotatable bonds is 5. The summed E-state index contributed by atoms with van der Waals surface area (Å²) in [6.07, 6.45) is 5.30. The van der Waals surface area contributed by atoms with Gasteiger partial charge in [0.05, 0.1) is 0 Å². The first kappa shape index (κ1) is 13.2. The topological polar surface area (TPSA) is 80.9 Å². The van der Waals surface area contributed by atoms with E-state index in [2.05, 4.69) is 15.2 Å². The summed E-state index contributed by atoms with van der Waals surface area (Å²) < 4.78 is 1.60. The fourth-order valence-electron chi connectivity index (χ4n) is 1.95. The maximum Gasteiger partial charge on any atom is 0.326 e. The van der Waals surface area contributed by atoms with E-state index in [9.17, 15) is 9.90 Å². The Morgan fingerprint density at radius 2 is 2.26 bits per heavy atom. The van der Waals surface area contributed by atoms with Crippen molar-refractivity contribution in [2.24, 2.45) is 5.92 Å². The molecule has 6 heteroatoms. The summed E-state index contributed by atoms with van der Waals surface area (Å²) in [4.78, 5) is 15.4. The Balaban J connectivity index is 2.40. The zero-order valence-corrected chi connectivity index (χ0v) is 10.9. The van der Waals surface area contributed by atoms with Crippen molar-refractivity contribution in [3.8, 4) is 11.4 Å². The van der Waals surface area contributed by atoms with Gasteiger partial charge in [0.25, 0.3) is 0 Å². The van der Waals surface area contributed by atoms with Crippen molar-refractivity contribution in [3.05, 3.63) is 30.9 Å². The fourth-order valence-corrected chi connectivity index (χ4v) is 1.95. The molecule has 2 rings (SSSR count). The van der Waals surface area contributed by atoms with Crippen LogP contribution >= 0.6 is 0 Å². The van der Waals surface area contributed by atoms with E-state index in [0.717, 1.165) is 5.56 Å². The van der Waals surface area contributed by atoms with Crippen LogP contribution in [-0.4, -0.2) is 30.8 Å². The standard InChI is InChI=1S/C13H16N4O2/c1-9(2)6-11(13(18)19)17-8-15-16-12(17)10-4-3-5-14-7-10/h3-5,7-9,11H,6H2,1-2H3,(H,18,19). The first-order chi connectivity index (χ1) is 9.09. The van der Waals surface area contributed by atoms with Crippen molar-refractivity contribution >= 4 is 5.97 Å². The van der Waals surface area contributed by atoms with Gasteiger partial charge in [0.1, 0.15) is 12.4 Å². The summed E-state index contributed by atoms with van der Waals surface area (Å²) in [6, 6.07) is 2.96. The highest BCUT2D eigenvalue weighted by molar-refractivity contribution is 5.73. The molecule has 0 radical (unpaired) electrons. The summed E-state index contributed by atoms with van der Waals surface area (Å²) in [7, 11) is 0. The number of hydrogen-bond donors (Lipinski definition) is 1. The molecule has 2 aromatic heterocycles. The minimum atomic E-state index is -0.876. The Morgan fingerprint density at radius 1 is 1.47 bits per heavy atom. The van der Waals surface area contributed by atoms with Gasteiger partial charge in [-0.25, -0.2) is 4.79 Å². The maximum atomic E-state index is 11.4. The quantitative estimate of drug-likeness (QED) is 0.889. The third-order valence-corrected chi connectivity index (χ3v) is 2.81. The summed E-state index contributed by atoms with van der Waals surface area (Å²) in [5.74, 6) is -0.0787. The Morgan fingerprint density at radius 3 is 2.84 bits per heavy atom. The number of carboxylic acid groups (broad SMARTS) is 1. The molecule has 1 N–H and O–H groups in total. The van der Waals surface area contributed by atoms with Crippen molar-refractivity contribution < 1.29 is 9.90 Å². The highest BCUT2D eigenvalue weighted by atomic mass is 16.4. The molecule has 6 nitrogen and oxygen atoms in total. The number of carbonyl (C=O) groups is 1. The Hall–Kier alpha value is -2.24. The SMILES string of the molecule is CC(C)CC(C(=O)O)n1cnnc1-c1cccnc1. The van der Waals surface area contributed by atoms with Crippen LogP contribution in [0, 0.1) is 5.92 Å². The minimum absolute atomic E-state index is 0.269. The number of aliphatic carboxylic acids is 1. The Bertz CT molecular complexity index is 551. The normalized spacial score (nSPS) is 12.6. The van der Waals surface area contributed by atoms with Crippen LogP contribution in [0.1, 0.15) is 26.3 Å². The van der Waals surface area contributed by atoms with E-state index in [4.69, 9.17) is 0 Å². The molecule has 19 heavy (non-hydrogen) atoms. The lowest BCUT2D eigenvalue weighted by Gasteiger charge is -2.17. The van der Waals surface area contributed by atoms with Crippen molar-refractivity contribution in [1.29, 1.82) is 0 Å². The highest BCUT2D eigenvalue weighted by Gasteiger charge is 2.24. The predicted molar refractivity (Wildman–Crippen MR) is 69.4 cm³/mol. The third-order valence-electron chi connectivity index (χ3n) is 2.81. The second kappa shape index (κ2) is 5.60. The molecule has 2 heterocycles. The first-order valence-electron chi connectivity index (χ1n) is 6.12. The third kappa shape index (κ3) is 2.96. The summed E-state index contributed by atoms with van der Waals surface area (Å²) in [5, 5.41) is 17.2. The average molecular weight is 260 g/mol. The molecule has 0 saturated carbocycles. The number of pyridine rings is 1. The van der Waals surface area contributed by atoms with Crippen LogP contribution in [0.15, 0.2) is 30.9 Å². The Kier molecular flexibility index (Phi) is 3.89. The van der Waals surface area contributed by atoms with Crippen molar-refractivity contribution in [2.75, 3.05) is 0 Å². The molecule has 0 fully saturated rings. The predicted octanol–water partition coefficient (Wildman–Crippen LogP) is 2.01. The van der Waals surface area contributed by atoms with Gasteiger partial charge in [0.15, 0.2) is 5.82 Å². The van der Waals surface area contributed by atoms with Gasteiger partial charge in [-0.05, 0) is 24.5 Å². The zero-order valence-electron chi connectivity index (χ0n) is 10.9. The largest absolute Gasteiger partial charge is 0.480 e. The zero-order chi connectivity index (χ0) is 13.8. The molecule has 0 aliphatic rings. The maximum absolute atomic E-state index is 11.4. The fraction of sp³-hybridized carbons (Fsp3) is 0.385. The number of aromatic nitrogens is 4. The van der Waals surface area contributed by atoms with Crippen LogP contribution in [0.2, 0.25) is 0 Å². The van der Waals surface area contributed by atoms with Gasteiger partial charge in [-0.15, -0.1) is 10.2 Å². The second-order valence-corrected chi connectivity index (χ2v) is 4.79. The van der Waals surface area contributed by atoms with E-state index in [1.165, 1.54) is 6.33 Å². The van der Waals surface area contributed by atoms with E-state index in [0.29, 0.717) is 12.2 Å². The van der Waals surface area contributed by atoms with E-state index in [-0.39, 0.29) is 5.92 Å². The molecule has 0 aliphatic carbocycles. The van der Waals surface area contributed by atoms with E-state index < -0.39 is 12.0 Å². The molecule has 0 aliphatic heterocycles.